The number of amides is 1. The van der Waals surface area contributed by atoms with Crippen LogP contribution in [0.15, 0.2) is 4.99 Å². The Morgan fingerprint density at radius 1 is 1.17 bits per heavy atom. The molecule has 8 nitrogen and oxygen atoms in total. The third-order valence-electron chi connectivity index (χ3n) is 5.57. The molecule has 0 aromatic rings. The van der Waals surface area contributed by atoms with Crippen LogP contribution in [0.5, 0.6) is 0 Å². The summed E-state index contributed by atoms with van der Waals surface area (Å²) in [4.78, 5) is 23.6. The minimum Gasteiger partial charge on any atom is -0.444 e. The van der Waals surface area contributed by atoms with Gasteiger partial charge in [-0.15, -0.1) is 0 Å². The Labute approximate surface area is 184 Å². The number of alkyl carbamates (subject to hydrolysis) is 1. The van der Waals surface area contributed by atoms with E-state index in [4.69, 9.17) is 4.74 Å². The first-order chi connectivity index (χ1) is 13.9. The fourth-order valence-electron chi connectivity index (χ4n) is 3.49. The lowest BCUT2D eigenvalue weighted by Crippen LogP contribution is -2.52. The predicted octanol–water partition coefficient (Wildman–Crippen LogP) is 2.07. The van der Waals surface area contributed by atoms with E-state index in [0.29, 0.717) is 12.0 Å². The Bertz CT molecular complexity index is 538. The average molecular weight is 427 g/mol. The maximum Gasteiger partial charge on any atom is 0.407 e. The lowest BCUT2D eigenvalue weighted by molar-refractivity contribution is 0.0485. The summed E-state index contributed by atoms with van der Waals surface area (Å²) in [5.41, 5.74) is -0.491. The Morgan fingerprint density at radius 2 is 1.77 bits per heavy atom. The number of aliphatic imine (C=N–C) groups is 1. The van der Waals surface area contributed by atoms with Gasteiger partial charge in [0.2, 0.25) is 0 Å². The number of ether oxygens (including phenoxy) is 1. The highest BCUT2D eigenvalue weighted by atomic mass is 16.6. The van der Waals surface area contributed by atoms with E-state index in [1.165, 1.54) is 0 Å². The van der Waals surface area contributed by atoms with Gasteiger partial charge in [0.1, 0.15) is 5.60 Å². The van der Waals surface area contributed by atoms with Gasteiger partial charge in [0, 0.05) is 65.4 Å². The van der Waals surface area contributed by atoms with Crippen LogP contribution in [0.3, 0.4) is 0 Å². The van der Waals surface area contributed by atoms with Crippen LogP contribution in [0.4, 0.5) is 4.79 Å². The van der Waals surface area contributed by atoms with Crippen LogP contribution in [0.25, 0.3) is 0 Å². The first-order valence-electron chi connectivity index (χ1n) is 11.3. The van der Waals surface area contributed by atoms with Gasteiger partial charge in [-0.2, -0.15) is 0 Å². The van der Waals surface area contributed by atoms with E-state index in [1.54, 1.807) is 0 Å². The number of carbonyl (C=O) groups excluding carboxylic acids is 1. The molecule has 2 N–H and O–H groups in total. The van der Waals surface area contributed by atoms with Crippen LogP contribution in [0.1, 0.15) is 48.0 Å². The van der Waals surface area contributed by atoms with Crippen LogP contribution in [-0.2, 0) is 4.74 Å². The SMILES string of the molecule is CN=C(NCC(C)N1CCN(C)CC1)N(C)CCC(NC(=O)OC(C)(C)C)C(C)C. The smallest absolute Gasteiger partial charge is 0.407 e. The highest BCUT2D eigenvalue weighted by Crippen LogP contribution is 2.11. The predicted molar refractivity (Wildman–Crippen MR) is 125 cm³/mol. The zero-order valence-electron chi connectivity index (χ0n) is 20.8. The van der Waals surface area contributed by atoms with Crippen LogP contribution >= 0.6 is 0 Å². The van der Waals surface area contributed by atoms with Crippen molar-refractivity contribution in [3.63, 3.8) is 0 Å². The largest absolute Gasteiger partial charge is 0.444 e. The Morgan fingerprint density at radius 3 is 2.27 bits per heavy atom. The molecule has 0 saturated carbocycles. The number of hydrogen-bond donors (Lipinski definition) is 2. The molecule has 1 rings (SSSR count). The van der Waals surface area contributed by atoms with Crippen LogP contribution < -0.4 is 10.6 Å². The van der Waals surface area contributed by atoms with Crippen molar-refractivity contribution in [1.82, 2.24) is 25.3 Å². The second-order valence-corrected chi connectivity index (χ2v) is 9.82. The third-order valence-corrected chi connectivity index (χ3v) is 5.57. The minimum atomic E-state index is -0.491. The molecule has 0 aliphatic carbocycles. The lowest BCUT2D eigenvalue weighted by Gasteiger charge is -2.37. The second-order valence-electron chi connectivity index (χ2n) is 9.82. The van der Waals surface area contributed by atoms with E-state index >= 15 is 0 Å². The molecule has 8 heteroatoms. The van der Waals surface area contributed by atoms with E-state index < -0.39 is 5.60 Å². The summed E-state index contributed by atoms with van der Waals surface area (Å²) in [6, 6.07) is 0.505. The van der Waals surface area contributed by atoms with Gasteiger partial charge < -0.3 is 25.2 Å². The Kier molecular flexibility index (Phi) is 10.9. The Balaban J connectivity index is 2.48. The molecule has 0 spiro atoms. The molecule has 0 aromatic carbocycles. The monoisotopic (exact) mass is 426 g/mol. The number of hydrogen-bond acceptors (Lipinski definition) is 5. The topological polar surface area (TPSA) is 72.4 Å². The van der Waals surface area contributed by atoms with Gasteiger partial charge >= 0.3 is 6.09 Å². The number of nitrogens with one attached hydrogen (secondary N) is 2. The standard InChI is InChI=1S/C22H46N6O2/c1-17(2)19(25-21(29)30-22(4,5)6)10-11-27(9)20(23-7)24-16-18(3)28-14-12-26(8)13-15-28/h17-19H,10-16H2,1-9H3,(H,23,24)(H,25,29). The van der Waals surface area contributed by atoms with Crippen LogP contribution in [0.2, 0.25) is 0 Å². The molecule has 176 valence electrons. The van der Waals surface area contributed by atoms with Crippen molar-refractivity contribution in [1.29, 1.82) is 0 Å². The van der Waals surface area contributed by atoms with Crippen molar-refractivity contribution in [2.24, 2.45) is 10.9 Å². The van der Waals surface area contributed by atoms with Gasteiger partial charge in [-0.25, -0.2) is 4.79 Å². The van der Waals surface area contributed by atoms with Gasteiger partial charge in [-0.3, -0.25) is 9.89 Å². The molecular formula is C22H46N6O2. The highest BCUT2D eigenvalue weighted by molar-refractivity contribution is 5.79. The van der Waals surface area contributed by atoms with Crippen molar-refractivity contribution in [3.8, 4) is 0 Å². The molecule has 2 atom stereocenters. The zero-order valence-corrected chi connectivity index (χ0v) is 20.8. The minimum absolute atomic E-state index is 0.0460. The summed E-state index contributed by atoms with van der Waals surface area (Å²) in [6.07, 6.45) is 0.467. The van der Waals surface area contributed by atoms with E-state index in [-0.39, 0.29) is 12.1 Å². The summed E-state index contributed by atoms with van der Waals surface area (Å²) in [7, 11) is 6.04. The summed E-state index contributed by atoms with van der Waals surface area (Å²) in [5.74, 6) is 1.20. The van der Waals surface area contributed by atoms with E-state index in [1.807, 2.05) is 34.9 Å². The number of piperazine rings is 1. The van der Waals surface area contributed by atoms with E-state index in [2.05, 4.69) is 58.1 Å². The summed E-state index contributed by atoms with van der Waals surface area (Å²) in [5, 5.41) is 6.53. The van der Waals surface area contributed by atoms with E-state index in [0.717, 1.165) is 51.6 Å². The van der Waals surface area contributed by atoms with Crippen molar-refractivity contribution in [2.45, 2.75) is 65.6 Å². The second kappa shape index (κ2) is 12.3. The normalized spacial score (nSPS) is 18.8. The highest BCUT2D eigenvalue weighted by Gasteiger charge is 2.23. The number of guanidine groups is 1. The molecule has 1 aliphatic heterocycles. The fourth-order valence-corrected chi connectivity index (χ4v) is 3.49. The molecule has 0 radical (unpaired) electrons. The molecule has 2 unspecified atom stereocenters. The third kappa shape index (κ3) is 9.98. The molecule has 30 heavy (non-hydrogen) atoms. The van der Waals surface area contributed by atoms with Gasteiger partial charge in [-0.05, 0) is 47.1 Å². The zero-order chi connectivity index (χ0) is 22.9. The molecule has 1 aliphatic rings. The molecular weight excluding hydrogens is 380 g/mol. The first kappa shape index (κ1) is 26.5. The maximum absolute atomic E-state index is 12.2. The van der Waals surface area contributed by atoms with Crippen molar-refractivity contribution in [3.05, 3.63) is 0 Å². The Hall–Kier alpha value is -1.54. The summed E-state index contributed by atoms with van der Waals surface area (Å²) < 4.78 is 5.42. The number of rotatable bonds is 8. The van der Waals surface area contributed by atoms with Gasteiger partial charge in [0.25, 0.3) is 0 Å². The molecule has 1 amide bonds. The van der Waals surface area contributed by atoms with Crippen LogP contribution in [-0.4, -0.2) is 105 Å². The molecule has 1 saturated heterocycles. The quantitative estimate of drug-likeness (QED) is 0.457. The first-order valence-corrected chi connectivity index (χ1v) is 11.3. The molecule has 1 heterocycles. The van der Waals surface area contributed by atoms with E-state index in [9.17, 15) is 4.79 Å². The van der Waals surface area contributed by atoms with Crippen molar-refractivity contribution >= 4 is 12.1 Å². The van der Waals surface area contributed by atoms with Crippen molar-refractivity contribution in [2.75, 3.05) is 60.4 Å². The maximum atomic E-state index is 12.2. The molecule has 0 aromatic heterocycles. The fraction of sp³-hybridized carbons (Fsp3) is 0.909. The summed E-state index contributed by atoms with van der Waals surface area (Å²) in [6.45, 7) is 18.3. The number of likely N-dealkylation sites (N-methyl/N-ethyl adjacent to an activating group) is 1. The van der Waals surface area contributed by atoms with Crippen molar-refractivity contribution < 1.29 is 9.53 Å². The number of carbonyl (C=O) groups is 1. The van der Waals surface area contributed by atoms with Crippen LogP contribution in [0, 0.1) is 5.92 Å². The van der Waals surface area contributed by atoms with Gasteiger partial charge in [-0.1, -0.05) is 13.8 Å². The average Bonchev–Trinajstić information content (AvgIpc) is 2.64. The lowest BCUT2D eigenvalue weighted by atomic mass is 10.0. The van der Waals surface area contributed by atoms with Gasteiger partial charge in [0.05, 0.1) is 0 Å². The molecule has 0 bridgehead atoms. The summed E-state index contributed by atoms with van der Waals surface area (Å²) >= 11 is 0. The van der Waals surface area contributed by atoms with Gasteiger partial charge in [0.15, 0.2) is 5.96 Å². The molecule has 1 fully saturated rings. The number of nitrogens with zero attached hydrogens (tertiary/aromatic N) is 4.